The van der Waals surface area contributed by atoms with Crippen molar-refractivity contribution in [2.75, 3.05) is 26.2 Å². The minimum Gasteiger partial charge on any atom is -0.325 e. The van der Waals surface area contributed by atoms with E-state index < -0.39 is 0 Å². The molecule has 3 heterocycles. The maximum Gasteiger partial charge on any atom is 0.0261 e. The van der Waals surface area contributed by atoms with Gasteiger partial charge in [0.1, 0.15) is 0 Å². The molecule has 134 valence electrons. The van der Waals surface area contributed by atoms with Crippen molar-refractivity contribution in [3.63, 3.8) is 0 Å². The minimum atomic E-state index is 0.0128. The topological polar surface area (TPSA) is 44.5 Å². The van der Waals surface area contributed by atoms with Crippen LogP contribution in [0.15, 0.2) is 0 Å². The summed E-state index contributed by atoms with van der Waals surface area (Å²) in [5, 5.41) is 3.53. The molecule has 0 radical (unpaired) electrons. The Bertz CT molecular complexity index is 414. The van der Waals surface area contributed by atoms with E-state index in [1.165, 1.54) is 32.5 Å². The Hall–Kier alpha value is -0.160. The smallest absolute Gasteiger partial charge is 0.0261 e. The molecule has 3 N–H and O–H groups in total. The van der Waals surface area contributed by atoms with Crippen molar-refractivity contribution in [2.24, 2.45) is 11.1 Å². The highest BCUT2D eigenvalue weighted by molar-refractivity contribution is 5.08. The summed E-state index contributed by atoms with van der Waals surface area (Å²) >= 11 is 0. The monoisotopic (exact) mass is 322 g/mol. The van der Waals surface area contributed by atoms with Gasteiger partial charge in [0.15, 0.2) is 0 Å². The van der Waals surface area contributed by atoms with Crippen LogP contribution in [0.3, 0.4) is 0 Å². The lowest BCUT2D eigenvalue weighted by atomic mass is 9.78. The van der Waals surface area contributed by atoms with E-state index in [2.05, 4.69) is 49.7 Å². The summed E-state index contributed by atoms with van der Waals surface area (Å²) in [7, 11) is 0. The molecule has 3 rings (SSSR count). The molecule has 0 aromatic carbocycles. The molecular formula is C19H38N4. The molecule has 1 spiro atoms. The van der Waals surface area contributed by atoms with Gasteiger partial charge in [0.25, 0.3) is 0 Å². The Balaban J connectivity index is 1.83. The lowest BCUT2D eigenvalue weighted by Crippen LogP contribution is -2.55. The predicted octanol–water partition coefficient (Wildman–Crippen LogP) is 2.04. The summed E-state index contributed by atoms with van der Waals surface area (Å²) in [6.07, 6.45) is 4.91. The zero-order valence-electron chi connectivity index (χ0n) is 15.9. The summed E-state index contributed by atoms with van der Waals surface area (Å²) in [5.41, 5.74) is 7.10. The zero-order valence-corrected chi connectivity index (χ0v) is 15.9. The third-order valence-corrected chi connectivity index (χ3v) is 6.74. The maximum absolute atomic E-state index is 6.54. The highest BCUT2D eigenvalue weighted by atomic mass is 15.3. The molecule has 3 aliphatic rings. The fourth-order valence-electron chi connectivity index (χ4n) is 5.16. The molecule has 0 aromatic rings. The maximum atomic E-state index is 6.54. The molecule has 3 aliphatic heterocycles. The molecule has 4 heteroatoms. The number of likely N-dealkylation sites (tertiary alicyclic amines) is 2. The van der Waals surface area contributed by atoms with Gasteiger partial charge in [0.2, 0.25) is 0 Å². The van der Waals surface area contributed by atoms with Crippen molar-refractivity contribution in [1.29, 1.82) is 0 Å². The highest BCUT2D eigenvalue weighted by Gasteiger charge is 2.51. The van der Waals surface area contributed by atoms with E-state index in [-0.39, 0.29) is 5.54 Å². The first-order valence-electron chi connectivity index (χ1n) is 9.74. The van der Waals surface area contributed by atoms with E-state index in [1.54, 1.807) is 0 Å². The number of nitrogens with zero attached hydrogens (tertiary/aromatic N) is 2. The van der Waals surface area contributed by atoms with Crippen LogP contribution in [-0.2, 0) is 0 Å². The first kappa shape index (κ1) is 17.7. The van der Waals surface area contributed by atoms with Crippen LogP contribution in [-0.4, -0.2) is 65.7 Å². The first-order valence-corrected chi connectivity index (χ1v) is 9.74. The number of hydrogen-bond donors (Lipinski definition) is 2. The quantitative estimate of drug-likeness (QED) is 0.835. The summed E-state index contributed by atoms with van der Waals surface area (Å²) in [4.78, 5) is 5.57. The van der Waals surface area contributed by atoms with Crippen LogP contribution in [0.5, 0.6) is 0 Å². The summed E-state index contributed by atoms with van der Waals surface area (Å²) < 4.78 is 0. The van der Waals surface area contributed by atoms with Crippen molar-refractivity contribution >= 4 is 0 Å². The summed E-state index contributed by atoms with van der Waals surface area (Å²) in [5.74, 6) is 0. The second kappa shape index (κ2) is 6.29. The Morgan fingerprint density at radius 2 is 1.65 bits per heavy atom. The number of nitrogens with one attached hydrogen (secondary N) is 1. The van der Waals surface area contributed by atoms with Crippen LogP contribution < -0.4 is 11.1 Å². The molecule has 4 nitrogen and oxygen atoms in total. The van der Waals surface area contributed by atoms with Crippen LogP contribution in [0, 0.1) is 5.41 Å². The Kier molecular flexibility index (Phi) is 4.83. The van der Waals surface area contributed by atoms with E-state index in [0.29, 0.717) is 29.6 Å². The standard InChI is InChI=1S/C19H38N4/c1-14(2)22-9-8-18(5,20)7-6-16(22)17-10-19(11-21-12-19)13-23(17)15(3)4/h14-17,21H,6-13,20H2,1-5H3. The van der Waals surface area contributed by atoms with Crippen LogP contribution in [0.25, 0.3) is 0 Å². The Morgan fingerprint density at radius 3 is 2.17 bits per heavy atom. The van der Waals surface area contributed by atoms with Gasteiger partial charge in [-0.05, 0) is 60.3 Å². The minimum absolute atomic E-state index is 0.0128. The van der Waals surface area contributed by atoms with Gasteiger partial charge in [-0.15, -0.1) is 0 Å². The Labute approximate surface area is 143 Å². The largest absolute Gasteiger partial charge is 0.325 e. The van der Waals surface area contributed by atoms with Gasteiger partial charge in [0, 0.05) is 61.3 Å². The fraction of sp³-hybridized carbons (Fsp3) is 1.00. The molecule has 0 aromatic heterocycles. The highest BCUT2D eigenvalue weighted by Crippen LogP contribution is 2.43. The van der Waals surface area contributed by atoms with E-state index in [1.807, 2.05) is 0 Å². The van der Waals surface area contributed by atoms with Gasteiger partial charge < -0.3 is 11.1 Å². The molecule has 3 atom stereocenters. The Morgan fingerprint density at radius 1 is 1.00 bits per heavy atom. The van der Waals surface area contributed by atoms with Gasteiger partial charge >= 0.3 is 0 Å². The van der Waals surface area contributed by atoms with Crippen molar-refractivity contribution in [2.45, 2.75) is 90.0 Å². The van der Waals surface area contributed by atoms with E-state index in [4.69, 9.17) is 5.73 Å². The lowest BCUT2D eigenvalue weighted by Gasteiger charge is -2.42. The summed E-state index contributed by atoms with van der Waals surface area (Å²) in [6.45, 7) is 16.6. The van der Waals surface area contributed by atoms with Gasteiger partial charge in [-0.2, -0.15) is 0 Å². The molecule has 3 unspecified atom stereocenters. The van der Waals surface area contributed by atoms with Crippen molar-refractivity contribution < 1.29 is 0 Å². The van der Waals surface area contributed by atoms with E-state index in [0.717, 1.165) is 19.4 Å². The van der Waals surface area contributed by atoms with E-state index in [9.17, 15) is 0 Å². The molecule has 0 bridgehead atoms. The lowest BCUT2D eigenvalue weighted by molar-refractivity contribution is 0.0655. The van der Waals surface area contributed by atoms with Crippen molar-refractivity contribution in [3.8, 4) is 0 Å². The zero-order chi connectivity index (χ0) is 16.8. The second-order valence-corrected chi connectivity index (χ2v) is 9.48. The molecule has 3 saturated heterocycles. The normalized spacial score (nSPS) is 39.1. The SMILES string of the molecule is CC(C)N1CCC(C)(N)CCC1C1CC2(CNC2)CN1C(C)C. The summed E-state index contributed by atoms with van der Waals surface area (Å²) in [6, 6.07) is 2.62. The third-order valence-electron chi connectivity index (χ3n) is 6.74. The number of nitrogens with two attached hydrogens (primary N) is 1. The van der Waals surface area contributed by atoms with E-state index >= 15 is 0 Å². The predicted molar refractivity (Wildman–Crippen MR) is 97.6 cm³/mol. The van der Waals surface area contributed by atoms with Gasteiger partial charge in [-0.1, -0.05) is 0 Å². The van der Waals surface area contributed by atoms with Gasteiger partial charge in [-0.25, -0.2) is 0 Å². The van der Waals surface area contributed by atoms with Crippen LogP contribution in [0.4, 0.5) is 0 Å². The average molecular weight is 323 g/mol. The van der Waals surface area contributed by atoms with Crippen molar-refractivity contribution in [1.82, 2.24) is 15.1 Å². The van der Waals surface area contributed by atoms with Gasteiger partial charge in [-0.3, -0.25) is 9.80 Å². The molecule has 0 aliphatic carbocycles. The van der Waals surface area contributed by atoms with Crippen molar-refractivity contribution in [3.05, 3.63) is 0 Å². The number of rotatable bonds is 3. The van der Waals surface area contributed by atoms with Gasteiger partial charge in [0.05, 0.1) is 0 Å². The van der Waals surface area contributed by atoms with Crippen LogP contribution >= 0.6 is 0 Å². The number of hydrogen-bond acceptors (Lipinski definition) is 4. The third kappa shape index (κ3) is 3.46. The second-order valence-electron chi connectivity index (χ2n) is 9.48. The molecule has 0 amide bonds. The first-order chi connectivity index (χ1) is 10.7. The molecular weight excluding hydrogens is 284 g/mol. The molecule has 0 saturated carbocycles. The molecule has 3 fully saturated rings. The fourth-order valence-corrected chi connectivity index (χ4v) is 5.16. The average Bonchev–Trinajstić information content (AvgIpc) is 2.75. The van der Waals surface area contributed by atoms with Crippen LogP contribution in [0.2, 0.25) is 0 Å². The molecule has 23 heavy (non-hydrogen) atoms. The van der Waals surface area contributed by atoms with Crippen LogP contribution in [0.1, 0.15) is 60.3 Å².